The molecule has 0 fully saturated rings. The summed E-state index contributed by atoms with van der Waals surface area (Å²) in [5.74, 6) is -0.301. The van der Waals surface area contributed by atoms with E-state index in [4.69, 9.17) is 16.0 Å². The lowest BCUT2D eigenvalue weighted by Crippen LogP contribution is -2.25. The Kier molecular flexibility index (Phi) is 3.76. The average Bonchev–Trinajstić information content (AvgIpc) is 2.94. The van der Waals surface area contributed by atoms with Crippen LogP contribution in [0.5, 0.6) is 0 Å². The molecule has 1 amide bonds. The summed E-state index contributed by atoms with van der Waals surface area (Å²) in [4.78, 5) is 11.9. The van der Waals surface area contributed by atoms with Gasteiger partial charge in [-0.2, -0.15) is 18.3 Å². The molecule has 0 spiro atoms. The summed E-state index contributed by atoms with van der Waals surface area (Å²) < 4.78 is 43.6. The monoisotopic (exact) mass is 307 g/mol. The Balaban J connectivity index is 2.20. The third-order valence-electron chi connectivity index (χ3n) is 2.48. The van der Waals surface area contributed by atoms with E-state index in [2.05, 4.69) is 10.4 Å². The summed E-state index contributed by atoms with van der Waals surface area (Å²) >= 11 is 5.58. The van der Waals surface area contributed by atoms with Gasteiger partial charge < -0.3 is 9.73 Å². The zero-order valence-electron chi connectivity index (χ0n) is 10.2. The zero-order chi connectivity index (χ0) is 14.9. The highest BCUT2D eigenvalue weighted by atomic mass is 35.5. The molecular formula is C11H9ClF3N3O2. The van der Waals surface area contributed by atoms with Crippen molar-refractivity contribution in [3.63, 3.8) is 0 Å². The fraction of sp³-hybridized carbons (Fsp3) is 0.273. The number of aromatic nitrogens is 2. The molecule has 0 aromatic carbocycles. The summed E-state index contributed by atoms with van der Waals surface area (Å²) in [5, 5.41) is 4.90. The van der Waals surface area contributed by atoms with Gasteiger partial charge in [0.2, 0.25) is 0 Å². The predicted octanol–water partition coefficient (Wildman–Crippen LogP) is 2.62. The summed E-state index contributed by atoms with van der Waals surface area (Å²) in [5.41, 5.74) is -1.64. The molecule has 0 atom stereocenters. The molecule has 0 unspecified atom stereocenters. The second-order valence-corrected chi connectivity index (χ2v) is 4.27. The zero-order valence-corrected chi connectivity index (χ0v) is 10.9. The fourth-order valence-electron chi connectivity index (χ4n) is 1.59. The Morgan fingerprint density at radius 3 is 2.75 bits per heavy atom. The van der Waals surface area contributed by atoms with E-state index in [0.29, 0.717) is 5.76 Å². The van der Waals surface area contributed by atoms with Crippen LogP contribution in [0.1, 0.15) is 21.9 Å². The number of aryl methyl sites for hydroxylation is 1. The van der Waals surface area contributed by atoms with Gasteiger partial charge in [-0.1, -0.05) is 11.6 Å². The minimum absolute atomic E-state index is 0.0364. The first-order chi connectivity index (χ1) is 9.30. The molecule has 0 saturated heterocycles. The lowest BCUT2D eigenvalue weighted by molar-refractivity contribution is -0.141. The standard InChI is InChI=1S/C11H9ClF3N3O2/c1-18-8(7(12)9(17-18)11(13,14)15)10(19)16-5-6-3-2-4-20-6/h2-4H,5H2,1H3,(H,16,19). The molecule has 0 aliphatic rings. The van der Waals surface area contributed by atoms with Crippen LogP contribution in [0.2, 0.25) is 5.02 Å². The maximum Gasteiger partial charge on any atom is 0.436 e. The number of carbonyl (C=O) groups is 1. The van der Waals surface area contributed by atoms with Crippen molar-refractivity contribution < 1.29 is 22.4 Å². The van der Waals surface area contributed by atoms with E-state index in [1.807, 2.05) is 0 Å². The normalized spacial score (nSPS) is 11.7. The van der Waals surface area contributed by atoms with E-state index in [-0.39, 0.29) is 12.2 Å². The van der Waals surface area contributed by atoms with Gasteiger partial charge in [0, 0.05) is 7.05 Å². The van der Waals surface area contributed by atoms with Crippen LogP contribution in [-0.2, 0) is 19.8 Å². The number of hydrogen-bond donors (Lipinski definition) is 1. The molecule has 0 bridgehead atoms. The number of amides is 1. The van der Waals surface area contributed by atoms with E-state index in [9.17, 15) is 18.0 Å². The SMILES string of the molecule is Cn1nc(C(F)(F)F)c(Cl)c1C(=O)NCc1ccco1. The van der Waals surface area contributed by atoms with Gasteiger partial charge in [0.25, 0.3) is 5.91 Å². The van der Waals surface area contributed by atoms with Crippen LogP contribution in [0.3, 0.4) is 0 Å². The largest absolute Gasteiger partial charge is 0.467 e. The summed E-state index contributed by atoms with van der Waals surface area (Å²) in [6.07, 6.45) is -3.30. The molecule has 2 aromatic rings. The van der Waals surface area contributed by atoms with Crippen molar-refractivity contribution in [2.24, 2.45) is 7.05 Å². The first-order valence-electron chi connectivity index (χ1n) is 5.41. The Morgan fingerprint density at radius 1 is 1.55 bits per heavy atom. The molecule has 0 aliphatic heterocycles. The van der Waals surface area contributed by atoms with Crippen LogP contribution >= 0.6 is 11.6 Å². The highest BCUT2D eigenvalue weighted by Crippen LogP contribution is 2.35. The number of halogens is 4. The Labute approximate surface area is 116 Å². The van der Waals surface area contributed by atoms with Crippen LogP contribution in [0.25, 0.3) is 0 Å². The number of carbonyl (C=O) groups excluding carboxylic acids is 1. The van der Waals surface area contributed by atoms with Crippen LogP contribution in [0.4, 0.5) is 13.2 Å². The Morgan fingerprint density at radius 2 is 2.25 bits per heavy atom. The molecule has 9 heteroatoms. The third-order valence-corrected chi connectivity index (χ3v) is 2.83. The minimum Gasteiger partial charge on any atom is -0.467 e. The van der Waals surface area contributed by atoms with Crippen LogP contribution in [0.15, 0.2) is 22.8 Å². The van der Waals surface area contributed by atoms with Crippen LogP contribution in [-0.4, -0.2) is 15.7 Å². The van der Waals surface area contributed by atoms with Gasteiger partial charge in [0.1, 0.15) is 16.5 Å². The Bertz CT molecular complexity index is 620. The number of nitrogens with one attached hydrogen (secondary N) is 1. The molecule has 108 valence electrons. The molecule has 0 aliphatic carbocycles. The van der Waals surface area contributed by atoms with Crippen molar-refractivity contribution in [1.82, 2.24) is 15.1 Å². The van der Waals surface area contributed by atoms with Crippen molar-refractivity contribution in [2.75, 3.05) is 0 Å². The van der Waals surface area contributed by atoms with Gasteiger partial charge in [-0.3, -0.25) is 9.48 Å². The second-order valence-electron chi connectivity index (χ2n) is 3.89. The smallest absolute Gasteiger partial charge is 0.436 e. The van der Waals surface area contributed by atoms with E-state index < -0.39 is 22.8 Å². The van der Waals surface area contributed by atoms with Gasteiger partial charge in [-0.05, 0) is 12.1 Å². The molecule has 0 saturated carbocycles. The minimum atomic E-state index is -4.71. The highest BCUT2D eigenvalue weighted by Gasteiger charge is 2.39. The first-order valence-corrected chi connectivity index (χ1v) is 5.78. The lowest BCUT2D eigenvalue weighted by Gasteiger charge is -2.04. The summed E-state index contributed by atoms with van der Waals surface area (Å²) in [6, 6.07) is 3.24. The average molecular weight is 308 g/mol. The van der Waals surface area contributed by atoms with Crippen molar-refractivity contribution >= 4 is 17.5 Å². The maximum absolute atomic E-state index is 12.6. The molecule has 5 nitrogen and oxygen atoms in total. The topological polar surface area (TPSA) is 60.1 Å². The van der Waals surface area contributed by atoms with E-state index in [1.54, 1.807) is 12.1 Å². The van der Waals surface area contributed by atoms with Gasteiger partial charge in [0.15, 0.2) is 5.69 Å². The second kappa shape index (κ2) is 5.20. The lowest BCUT2D eigenvalue weighted by atomic mass is 10.3. The number of alkyl halides is 3. The molecule has 2 heterocycles. The van der Waals surface area contributed by atoms with Crippen LogP contribution in [0, 0.1) is 0 Å². The first kappa shape index (κ1) is 14.4. The van der Waals surface area contributed by atoms with Crippen LogP contribution < -0.4 is 5.32 Å². The van der Waals surface area contributed by atoms with E-state index in [0.717, 1.165) is 4.68 Å². The molecule has 0 radical (unpaired) electrons. The van der Waals surface area contributed by atoms with E-state index >= 15 is 0 Å². The fourth-order valence-corrected chi connectivity index (χ4v) is 1.94. The molecule has 2 aromatic heterocycles. The maximum atomic E-state index is 12.6. The van der Waals surface area contributed by atoms with Crippen molar-refractivity contribution in [1.29, 1.82) is 0 Å². The van der Waals surface area contributed by atoms with Crippen molar-refractivity contribution in [2.45, 2.75) is 12.7 Å². The molecule has 2 rings (SSSR count). The van der Waals surface area contributed by atoms with Gasteiger partial charge >= 0.3 is 6.18 Å². The van der Waals surface area contributed by atoms with Gasteiger partial charge in [-0.25, -0.2) is 0 Å². The van der Waals surface area contributed by atoms with Gasteiger partial charge in [0.05, 0.1) is 12.8 Å². The number of furan rings is 1. The van der Waals surface area contributed by atoms with Crippen molar-refractivity contribution in [3.05, 3.63) is 40.6 Å². The third kappa shape index (κ3) is 2.79. The predicted molar refractivity (Wildman–Crippen MR) is 63.1 cm³/mol. The quantitative estimate of drug-likeness (QED) is 0.948. The molecule has 20 heavy (non-hydrogen) atoms. The number of rotatable bonds is 3. The van der Waals surface area contributed by atoms with Gasteiger partial charge in [-0.15, -0.1) is 0 Å². The Hall–Kier alpha value is -1.96. The summed E-state index contributed by atoms with van der Waals surface area (Å²) in [7, 11) is 1.21. The number of nitrogens with zero attached hydrogens (tertiary/aromatic N) is 2. The molecule has 1 N–H and O–H groups in total. The molecular weight excluding hydrogens is 299 g/mol. The summed E-state index contributed by atoms with van der Waals surface area (Å²) in [6.45, 7) is 0.0364. The highest BCUT2D eigenvalue weighted by molar-refractivity contribution is 6.34. The van der Waals surface area contributed by atoms with Crippen molar-refractivity contribution in [3.8, 4) is 0 Å². The van der Waals surface area contributed by atoms with E-state index in [1.165, 1.54) is 13.3 Å². The number of hydrogen-bond acceptors (Lipinski definition) is 3.